The molecule has 2 amide bonds. The first-order chi connectivity index (χ1) is 16.4. The Labute approximate surface area is 206 Å². The molecule has 7 nitrogen and oxygen atoms in total. The van der Waals surface area contributed by atoms with E-state index in [1.165, 1.54) is 0 Å². The minimum atomic E-state index is -0.0629. The molecule has 4 heterocycles. The third-order valence-corrected chi connectivity index (χ3v) is 7.15. The van der Waals surface area contributed by atoms with Gasteiger partial charge >= 0.3 is 0 Å². The Morgan fingerprint density at radius 1 is 1.00 bits per heavy atom. The zero-order valence-corrected chi connectivity index (χ0v) is 20.5. The highest BCUT2D eigenvalue weighted by Crippen LogP contribution is 2.30. The van der Waals surface area contributed by atoms with Gasteiger partial charge in [-0.25, -0.2) is 9.67 Å². The SMILES string of the molecule is CC(C)n1ncc2c(C(=O)N3CCN(C(=O)c4ccc(Cl)cc4)CC3)cc(-c3cccs3)nc21. The molecule has 5 rings (SSSR count). The van der Waals surface area contributed by atoms with Crippen molar-refractivity contribution >= 4 is 45.8 Å². The van der Waals surface area contributed by atoms with Crippen molar-refractivity contribution in [2.24, 2.45) is 0 Å². The molecule has 0 aliphatic carbocycles. The van der Waals surface area contributed by atoms with Gasteiger partial charge < -0.3 is 9.80 Å². The standard InChI is InChI=1S/C25H24ClN5O2S/c1-16(2)31-23-20(15-27-31)19(14-21(28-23)22-4-3-13-34-22)25(33)30-11-9-29(10-12-30)24(32)17-5-7-18(26)8-6-17/h3-8,13-16H,9-12H2,1-2H3. The smallest absolute Gasteiger partial charge is 0.254 e. The summed E-state index contributed by atoms with van der Waals surface area (Å²) in [5, 5.41) is 7.85. The lowest BCUT2D eigenvalue weighted by molar-refractivity contribution is 0.0536. The van der Waals surface area contributed by atoms with Crippen LogP contribution in [0.2, 0.25) is 5.02 Å². The average Bonchev–Trinajstić information content (AvgIpc) is 3.53. The van der Waals surface area contributed by atoms with Crippen molar-refractivity contribution in [3.8, 4) is 10.6 Å². The molecule has 1 aliphatic heterocycles. The molecule has 1 saturated heterocycles. The second kappa shape index (κ2) is 9.19. The molecular weight excluding hydrogens is 470 g/mol. The van der Waals surface area contributed by atoms with Crippen LogP contribution in [0.25, 0.3) is 21.6 Å². The van der Waals surface area contributed by atoms with Gasteiger partial charge in [0.05, 0.1) is 27.7 Å². The number of pyridine rings is 1. The van der Waals surface area contributed by atoms with Gasteiger partial charge in [-0.1, -0.05) is 17.7 Å². The van der Waals surface area contributed by atoms with Crippen molar-refractivity contribution in [2.75, 3.05) is 26.2 Å². The Morgan fingerprint density at radius 2 is 1.68 bits per heavy atom. The summed E-state index contributed by atoms with van der Waals surface area (Å²) in [6, 6.07) is 12.9. The number of thiophene rings is 1. The molecule has 0 saturated carbocycles. The molecule has 9 heteroatoms. The highest BCUT2D eigenvalue weighted by molar-refractivity contribution is 7.13. The second-order valence-electron chi connectivity index (χ2n) is 8.54. The van der Waals surface area contributed by atoms with Crippen LogP contribution in [0.5, 0.6) is 0 Å². The van der Waals surface area contributed by atoms with E-state index in [4.69, 9.17) is 16.6 Å². The van der Waals surface area contributed by atoms with Crippen molar-refractivity contribution in [1.82, 2.24) is 24.6 Å². The molecule has 0 radical (unpaired) electrons. The highest BCUT2D eigenvalue weighted by atomic mass is 35.5. The maximum Gasteiger partial charge on any atom is 0.254 e. The molecule has 0 atom stereocenters. The fourth-order valence-corrected chi connectivity index (χ4v) is 4.99. The van der Waals surface area contributed by atoms with E-state index >= 15 is 0 Å². The minimum Gasteiger partial charge on any atom is -0.335 e. The number of hydrogen-bond donors (Lipinski definition) is 0. The number of rotatable bonds is 4. The number of piperazine rings is 1. The minimum absolute atomic E-state index is 0.0479. The molecule has 0 bridgehead atoms. The fraction of sp³-hybridized carbons (Fsp3) is 0.280. The topological polar surface area (TPSA) is 71.3 Å². The predicted octanol–water partition coefficient (Wildman–Crippen LogP) is 4.99. The van der Waals surface area contributed by atoms with Gasteiger partial charge in [0, 0.05) is 42.8 Å². The largest absolute Gasteiger partial charge is 0.335 e. The van der Waals surface area contributed by atoms with Crippen LogP contribution in [0, 0.1) is 0 Å². The van der Waals surface area contributed by atoms with E-state index < -0.39 is 0 Å². The lowest BCUT2D eigenvalue weighted by Gasteiger charge is -2.35. The Balaban J connectivity index is 1.40. The normalized spacial score (nSPS) is 14.2. The average molecular weight is 494 g/mol. The van der Waals surface area contributed by atoms with Crippen LogP contribution >= 0.6 is 22.9 Å². The first-order valence-electron chi connectivity index (χ1n) is 11.2. The van der Waals surface area contributed by atoms with Gasteiger partial charge in [0.2, 0.25) is 0 Å². The maximum absolute atomic E-state index is 13.6. The van der Waals surface area contributed by atoms with Gasteiger partial charge in [-0.15, -0.1) is 11.3 Å². The second-order valence-corrected chi connectivity index (χ2v) is 9.93. The first-order valence-corrected chi connectivity index (χ1v) is 12.4. The maximum atomic E-state index is 13.6. The Bertz CT molecular complexity index is 1340. The summed E-state index contributed by atoms with van der Waals surface area (Å²) in [7, 11) is 0. The summed E-state index contributed by atoms with van der Waals surface area (Å²) >= 11 is 7.53. The zero-order chi connectivity index (χ0) is 23.8. The van der Waals surface area contributed by atoms with Gasteiger partial charge in [0.1, 0.15) is 0 Å². The Hall–Kier alpha value is -3.23. The highest BCUT2D eigenvalue weighted by Gasteiger charge is 2.28. The van der Waals surface area contributed by atoms with Crippen molar-refractivity contribution < 1.29 is 9.59 Å². The molecule has 1 aromatic carbocycles. The zero-order valence-electron chi connectivity index (χ0n) is 18.9. The summed E-state index contributed by atoms with van der Waals surface area (Å²) in [5.74, 6) is -0.111. The number of aromatic nitrogens is 3. The first kappa shape index (κ1) is 22.6. The van der Waals surface area contributed by atoms with E-state index in [0.717, 1.165) is 16.0 Å². The molecular formula is C25H24ClN5O2S. The van der Waals surface area contributed by atoms with Crippen LogP contribution in [-0.4, -0.2) is 62.6 Å². The Kier molecular flexibility index (Phi) is 6.10. The lowest BCUT2D eigenvalue weighted by Crippen LogP contribution is -2.50. The lowest BCUT2D eigenvalue weighted by atomic mass is 10.1. The number of carbonyl (C=O) groups excluding carboxylic acids is 2. The van der Waals surface area contributed by atoms with Gasteiger partial charge in [-0.2, -0.15) is 5.10 Å². The fourth-order valence-electron chi connectivity index (χ4n) is 4.18. The third-order valence-electron chi connectivity index (χ3n) is 6.01. The van der Waals surface area contributed by atoms with Crippen molar-refractivity contribution in [3.05, 3.63) is 70.2 Å². The van der Waals surface area contributed by atoms with Crippen molar-refractivity contribution in [1.29, 1.82) is 0 Å². The van der Waals surface area contributed by atoms with Crippen LogP contribution in [0.3, 0.4) is 0 Å². The van der Waals surface area contributed by atoms with Crippen molar-refractivity contribution in [2.45, 2.75) is 19.9 Å². The van der Waals surface area contributed by atoms with Gasteiger partial charge in [0.15, 0.2) is 5.65 Å². The molecule has 0 unspecified atom stereocenters. The monoisotopic (exact) mass is 493 g/mol. The molecule has 1 fully saturated rings. The number of fused-ring (bicyclic) bond motifs is 1. The molecule has 0 spiro atoms. The summed E-state index contributed by atoms with van der Waals surface area (Å²) in [6.07, 6.45) is 1.73. The molecule has 3 aromatic heterocycles. The summed E-state index contributed by atoms with van der Waals surface area (Å²) in [6.45, 7) is 5.98. The quantitative estimate of drug-likeness (QED) is 0.401. The Morgan fingerprint density at radius 3 is 2.29 bits per heavy atom. The predicted molar refractivity (Wildman–Crippen MR) is 134 cm³/mol. The van der Waals surface area contributed by atoms with Crippen LogP contribution in [0.4, 0.5) is 0 Å². The van der Waals surface area contributed by atoms with E-state index in [9.17, 15) is 9.59 Å². The third kappa shape index (κ3) is 4.19. The van der Waals surface area contributed by atoms with Crippen LogP contribution in [0.1, 0.15) is 40.6 Å². The van der Waals surface area contributed by atoms with Crippen LogP contribution < -0.4 is 0 Å². The summed E-state index contributed by atoms with van der Waals surface area (Å²) in [5.41, 5.74) is 2.67. The number of halogens is 1. The van der Waals surface area contributed by atoms with Gasteiger partial charge in [0.25, 0.3) is 11.8 Å². The number of carbonyl (C=O) groups is 2. The number of benzene rings is 1. The van der Waals surface area contributed by atoms with Gasteiger partial charge in [-0.05, 0) is 55.6 Å². The van der Waals surface area contributed by atoms with E-state index in [1.807, 2.05) is 47.0 Å². The molecule has 1 aliphatic rings. The molecule has 34 heavy (non-hydrogen) atoms. The molecule has 4 aromatic rings. The van der Waals surface area contributed by atoms with Gasteiger partial charge in [-0.3, -0.25) is 9.59 Å². The van der Waals surface area contributed by atoms with E-state index in [2.05, 4.69) is 5.10 Å². The summed E-state index contributed by atoms with van der Waals surface area (Å²) in [4.78, 5) is 35.9. The van der Waals surface area contributed by atoms with Crippen LogP contribution in [-0.2, 0) is 0 Å². The summed E-state index contributed by atoms with van der Waals surface area (Å²) < 4.78 is 1.85. The number of amides is 2. The van der Waals surface area contributed by atoms with E-state index in [1.54, 1.807) is 46.7 Å². The number of nitrogens with zero attached hydrogens (tertiary/aromatic N) is 5. The molecule has 0 N–H and O–H groups in total. The van der Waals surface area contributed by atoms with Crippen molar-refractivity contribution in [3.63, 3.8) is 0 Å². The number of hydrogen-bond acceptors (Lipinski definition) is 5. The van der Waals surface area contributed by atoms with E-state index in [0.29, 0.717) is 48.0 Å². The van der Waals surface area contributed by atoms with Crippen LogP contribution in [0.15, 0.2) is 54.0 Å². The molecule has 174 valence electrons. The van der Waals surface area contributed by atoms with E-state index in [-0.39, 0.29) is 17.9 Å².